The van der Waals surface area contributed by atoms with E-state index in [4.69, 9.17) is 0 Å². The number of carbonyl (C=O) groups excluding carboxylic acids is 1. The van der Waals surface area contributed by atoms with Crippen molar-refractivity contribution < 1.29 is 4.79 Å². The van der Waals surface area contributed by atoms with Gasteiger partial charge in [0.05, 0.1) is 5.56 Å². The van der Waals surface area contributed by atoms with Gasteiger partial charge >= 0.3 is 0 Å². The maximum Gasteiger partial charge on any atom is 0.257 e. The molecule has 2 heterocycles. The van der Waals surface area contributed by atoms with Crippen LogP contribution < -0.4 is 5.32 Å². The van der Waals surface area contributed by atoms with E-state index in [2.05, 4.69) is 27.4 Å². The lowest BCUT2D eigenvalue weighted by molar-refractivity contribution is 0.102. The number of carbonyl (C=O) groups is 1. The van der Waals surface area contributed by atoms with E-state index in [1.165, 1.54) is 5.56 Å². The van der Waals surface area contributed by atoms with E-state index in [-0.39, 0.29) is 5.91 Å². The van der Waals surface area contributed by atoms with Crippen LogP contribution in [0, 0.1) is 6.92 Å². The van der Waals surface area contributed by atoms with Crippen molar-refractivity contribution in [1.29, 1.82) is 0 Å². The van der Waals surface area contributed by atoms with Gasteiger partial charge in [-0.25, -0.2) is 4.98 Å². The van der Waals surface area contributed by atoms with E-state index in [1.54, 1.807) is 12.3 Å². The van der Waals surface area contributed by atoms with Crippen molar-refractivity contribution in [2.75, 3.05) is 5.32 Å². The quantitative estimate of drug-likeness (QED) is 0.774. The first kappa shape index (κ1) is 13.3. The van der Waals surface area contributed by atoms with Gasteiger partial charge in [-0.05, 0) is 37.1 Å². The maximum absolute atomic E-state index is 12.3. The third-order valence-electron chi connectivity index (χ3n) is 3.48. The van der Waals surface area contributed by atoms with Crippen molar-refractivity contribution in [2.45, 2.75) is 20.3 Å². The lowest BCUT2D eigenvalue weighted by Crippen LogP contribution is -2.12. The highest BCUT2D eigenvalue weighted by Gasteiger charge is 2.10. The fourth-order valence-electron chi connectivity index (χ4n) is 2.17. The Labute approximate surface area is 122 Å². The molecule has 0 unspecified atom stereocenters. The molecule has 0 saturated heterocycles. The summed E-state index contributed by atoms with van der Waals surface area (Å²) in [4.78, 5) is 16.5. The van der Waals surface area contributed by atoms with Crippen molar-refractivity contribution in [2.24, 2.45) is 0 Å². The molecular weight excluding hydrogens is 264 g/mol. The largest absolute Gasteiger partial charge is 0.322 e. The number of fused-ring (bicyclic) bond motifs is 1. The molecule has 0 spiro atoms. The highest BCUT2D eigenvalue weighted by atomic mass is 16.1. The van der Waals surface area contributed by atoms with E-state index < -0.39 is 0 Å². The van der Waals surface area contributed by atoms with Gasteiger partial charge in [-0.2, -0.15) is 5.10 Å². The molecule has 5 heteroatoms. The zero-order chi connectivity index (χ0) is 14.8. The molecular formula is C16H16N4O. The summed E-state index contributed by atoms with van der Waals surface area (Å²) >= 11 is 0. The van der Waals surface area contributed by atoms with Gasteiger partial charge in [-0.3, -0.25) is 9.89 Å². The lowest BCUT2D eigenvalue weighted by Gasteiger charge is -2.06. The van der Waals surface area contributed by atoms with Crippen LogP contribution in [-0.4, -0.2) is 21.1 Å². The van der Waals surface area contributed by atoms with E-state index >= 15 is 0 Å². The highest BCUT2D eigenvalue weighted by molar-refractivity contribution is 6.05. The zero-order valence-corrected chi connectivity index (χ0v) is 12.0. The highest BCUT2D eigenvalue weighted by Crippen LogP contribution is 2.16. The number of rotatable bonds is 3. The summed E-state index contributed by atoms with van der Waals surface area (Å²) in [5.41, 5.74) is 4.06. The second kappa shape index (κ2) is 5.36. The molecule has 0 radical (unpaired) electrons. The van der Waals surface area contributed by atoms with Gasteiger partial charge in [0.25, 0.3) is 5.91 Å². The summed E-state index contributed by atoms with van der Waals surface area (Å²) in [5.74, 6) is -0.172. The standard InChI is InChI=1S/C16H16N4O/c1-3-11-4-6-13(7-5-11)18-16(21)12-8-14-10(2)19-20-15(14)17-9-12/h4-9H,3H2,1-2H3,(H,18,21)(H,17,19,20). The molecule has 0 bridgehead atoms. The minimum atomic E-state index is -0.172. The first-order valence-corrected chi connectivity index (χ1v) is 6.88. The summed E-state index contributed by atoms with van der Waals surface area (Å²) in [6, 6.07) is 9.64. The Morgan fingerprint density at radius 2 is 2.05 bits per heavy atom. The molecule has 0 atom stereocenters. The molecule has 106 valence electrons. The second-order valence-electron chi connectivity index (χ2n) is 4.95. The van der Waals surface area contributed by atoms with Gasteiger partial charge in [-0.1, -0.05) is 19.1 Å². The smallest absolute Gasteiger partial charge is 0.257 e. The molecule has 1 amide bonds. The van der Waals surface area contributed by atoms with Crippen LogP contribution in [0.5, 0.6) is 0 Å². The fraction of sp³-hybridized carbons (Fsp3) is 0.188. The van der Waals surface area contributed by atoms with Crippen molar-refractivity contribution in [3.05, 3.63) is 53.3 Å². The first-order chi connectivity index (χ1) is 10.2. The molecule has 0 saturated carbocycles. The monoisotopic (exact) mass is 280 g/mol. The SMILES string of the molecule is CCc1ccc(NC(=O)c2cnc3n[nH]c(C)c3c2)cc1. The van der Waals surface area contributed by atoms with E-state index in [0.717, 1.165) is 23.2 Å². The zero-order valence-electron chi connectivity index (χ0n) is 12.0. The number of H-pyrrole nitrogens is 1. The number of aryl methyl sites for hydroxylation is 2. The topological polar surface area (TPSA) is 70.7 Å². The van der Waals surface area contributed by atoms with Crippen LogP contribution in [0.25, 0.3) is 11.0 Å². The predicted molar refractivity (Wildman–Crippen MR) is 82.4 cm³/mol. The Morgan fingerprint density at radius 1 is 1.29 bits per heavy atom. The van der Waals surface area contributed by atoms with Crippen molar-refractivity contribution >= 4 is 22.6 Å². The van der Waals surface area contributed by atoms with Crippen LogP contribution in [-0.2, 0) is 6.42 Å². The van der Waals surface area contributed by atoms with Gasteiger partial charge in [-0.15, -0.1) is 0 Å². The van der Waals surface area contributed by atoms with Gasteiger partial charge in [0.2, 0.25) is 0 Å². The molecule has 2 N–H and O–H groups in total. The number of nitrogens with one attached hydrogen (secondary N) is 2. The number of benzene rings is 1. The molecule has 2 aromatic heterocycles. The third-order valence-corrected chi connectivity index (χ3v) is 3.48. The Kier molecular flexibility index (Phi) is 3.39. The van der Waals surface area contributed by atoms with Gasteiger partial charge in [0, 0.05) is 23.0 Å². The van der Waals surface area contributed by atoms with E-state index in [0.29, 0.717) is 11.2 Å². The van der Waals surface area contributed by atoms with Crippen molar-refractivity contribution in [3.63, 3.8) is 0 Å². The summed E-state index contributed by atoms with van der Waals surface area (Å²) in [7, 11) is 0. The second-order valence-corrected chi connectivity index (χ2v) is 4.95. The maximum atomic E-state index is 12.3. The molecule has 0 fully saturated rings. The summed E-state index contributed by atoms with van der Waals surface area (Å²) in [6.07, 6.45) is 2.52. The Bertz CT molecular complexity index is 790. The molecule has 0 aliphatic heterocycles. The van der Waals surface area contributed by atoms with Crippen LogP contribution >= 0.6 is 0 Å². The van der Waals surface area contributed by atoms with Crippen LogP contribution in [0.15, 0.2) is 36.5 Å². The minimum Gasteiger partial charge on any atom is -0.322 e. The third kappa shape index (κ3) is 2.63. The number of hydrogen-bond acceptors (Lipinski definition) is 3. The number of aromatic amines is 1. The number of nitrogens with zero attached hydrogens (tertiary/aromatic N) is 2. The van der Waals surface area contributed by atoms with Gasteiger partial charge in [0.15, 0.2) is 5.65 Å². The fourth-order valence-corrected chi connectivity index (χ4v) is 2.17. The Morgan fingerprint density at radius 3 is 2.76 bits per heavy atom. The van der Waals surface area contributed by atoms with Crippen LogP contribution in [0.2, 0.25) is 0 Å². The average Bonchev–Trinajstić information content (AvgIpc) is 2.89. The molecule has 21 heavy (non-hydrogen) atoms. The number of anilines is 1. The molecule has 0 aliphatic rings. The van der Waals surface area contributed by atoms with Crippen LogP contribution in [0.1, 0.15) is 28.5 Å². The van der Waals surface area contributed by atoms with Gasteiger partial charge < -0.3 is 5.32 Å². The average molecular weight is 280 g/mol. The van der Waals surface area contributed by atoms with Crippen molar-refractivity contribution in [1.82, 2.24) is 15.2 Å². The summed E-state index contributed by atoms with van der Waals surface area (Å²) in [6.45, 7) is 4.00. The van der Waals surface area contributed by atoms with Crippen LogP contribution in [0.3, 0.4) is 0 Å². The number of pyridine rings is 1. The first-order valence-electron chi connectivity index (χ1n) is 6.88. The number of hydrogen-bond donors (Lipinski definition) is 2. The predicted octanol–water partition coefficient (Wildman–Crippen LogP) is 3.08. The van der Waals surface area contributed by atoms with Crippen LogP contribution in [0.4, 0.5) is 5.69 Å². The number of amides is 1. The molecule has 0 aliphatic carbocycles. The normalized spacial score (nSPS) is 10.8. The lowest BCUT2D eigenvalue weighted by atomic mass is 10.1. The van der Waals surface area contributed by atoms with E-state index in [1.807, 2.05) is 31.2 Å². The molecule has 5 nitrogen and oxygen atoms in total. The summed E-state index contributed by atoms with van der Waals surface area (Å²) < 4.78 is 0. The minimum absolute atomic E-state index is 0.172. The number of aromatic nitrogens is 3. The Hall–Kier alpha value is -2.69. The van der Waals surface area contributed by atoms with Gasteiger partial charge in [0.1, 0.15) is 0 Å². The van der Waals surface area contributed by atoms with Crippen molar-refractivity contribution in [3.8, 4) is 0 Å². The van der Waals surface area contributed by atoms with E-state index in [9.17, 15) is 4.79 Å². The Balaban J connectivity index is 1.83. The molecule has 1 aromatic carbocycles. The summed E-state index contributed by atoms with van der Waals surface area (Å²) in [5, 5.41) is 10.7. The molecule has 3 aromatic rings. The molecule has 3 rings (SSSR count).